The van der Waals surface area contributed by atoms with E-state index in [9.17, 15) is 14.4 Å². The van der Waals surface area contributed by atoms with Crippen molar-refractivity contribution in [1.82, 2.24) is 10.2 Å². The number of rotatable bonds is 5. The van der Waals surface area contributed by atoms with Crippen LogP contribution in [0.3, 0.4) is 0 Å². The Labute approximate surface area is 233 Å². The van der Waals surface area contributed by atoms with Crippen LogP contribution in [-0.4, -0.2) is 52.5 Å². The minimum Gasteiger partial charge on any atom is -0.359 e. The number of fused-ring (bicyclic) bond motifs is 1. The lowest BCUT2D eigenvalue weighted by Gasteiger charge is -2.42. The number of nitrogens with zero attached hydrogens (tertiary/aromatic N) is 1. The van der Waals surface area contributed by atoms with E-state index in [1.807, 2.05) is 17.1 Å². The van der Waals surface area contributed by atoms with Gasteiger partial charge in [-0.3, -0.25) is 14.4 Å². The third-order valence-corrected chi connectivity index (χ3v) is 10.2. The van der Waals surface area contributed by atoms with E-state index in [-0.39, 0.29) is 35.7 Å². The molecule has 0 aromatic heterocycles. The number of ether oxygens (including phenoxy) is 1. The molecule has 1 aromatic rings. The molecule has 4 fully saturated rings. The highest BCUT2D eigenvalue weighted by Gasteiger charge is 2.73. The van der Waals surface area contributed by atoms with Crippen LogP contribution < -0.4 is 10.6 Å². The van der Waals surface area contributed by atoms with E-state index in [2.05, 4.69) is 17.6 Å². The predicted molar refractivity (Wildman–Crippen MR) is 146 cm³/mol. The van der Waals surface area contributed by atoms with Crippen molar-refractivity contribution in [3.63, 3.8) is 0 Å². The van der Waals surface area contributed by atoms with Crippen LogP contribution in [0.25, 0.3) is 0 Å². The van der Waals surface area contributed by atoms with Crippen LogP contribution in [0, 0.1) is 17.8 Å². The number of halogens is 2. The van der Waals surface area contributed by atoms with Gasteiger partial charge in [0.25, 0.3) is 0 Å². The van der Waals surface area contributed by atoms with E-state index < -0.39 is 29.6 Å². The monoisotopic (exact) mass is 559 g/mol. The summed E-state index contributed by atoms with van der Waals surface area (Å²) in [6, 6.07) is 4.18. The third kappa shape index (κ3) is 4.25. The van der Waals surface area contributed by atoms with Crippen molar-refractivity contribution in [2.45, 2.75) is 94.5 Å². The van der Waals surface area contributed by atoms with E-state index in [4.69, 9.17) is 27.9 Å². The van der Waals surface area contributed by atoms with Crippen LogP contribution in [0.5, 0.6) is 0 Å². The molecule has 5 aliphatic rings. The molecular formula is C29H35Cl2N3O4. The molecule has 9 heteroatoms. The number of hydrogen-bond donors (Lipinski definition) is 2. The summed E-state index contributed by atoms with van der Waals surface area (Å²) in [5, 5.41) is 6.91. The number of anilines is 1. The van der Waals surface area contributed by atoms with Crippen molar-refractivity contribution in [3.8, 4) is 0 Å². The average molecular weight is 561 g/mol. The first-order valence-corrected chi connectivity index (χ1v) is 14.8. The van der Waals surface area contributed by atoms with Gasteiger partial charge in [0.15, 0.2) is 0 Å². The molecule has 38 heavy (non-hydrogen) atoms. The second-order valence-electron chi connectivity index (χ2n) is 11.7. The minimum absolute atomic E-state index is 0.0480. The lowest BCUT2D eigenvalue weighted by molar-refractivity contribution is -0.146. The molecule has 1 aromatic carbocycles. The zero-order valence-corrected chi connectivity index (χ0v) is 23.1. The fraction of sp³-hybridized carbons (Fsp3) is 0.621. The molecule has 0 unspecified atom stereocenters. The number of nitrogens with one attached hydrogen (secondary N) is 2. The van der Waals surface area contributed by atoms with Gasteiger partial charge in [-0.05, 0) is 49.8 Å². The normalized spacial score (nSPS) is 36.4. The summed E-state index contributed by atoms with van der Waals surface area (Å²) in [5.41, 5.74) is -0.642. The lowest BCUT2D eigenvalue weighted by atomic mass is 9.74. The van der Waals surface area contributed by atoms with Crippen molar-refractivity contribution >= 4 is 46.6 Å². The number of benzene rings is 1. The molecule has 2 saturated heterocycles. The van der Waals surface area contributed by atoms with E-state index in [1.165, 1.54) is 6.42 Å². The van der Waals surface area contributed by atoms with Gasteiger partial charge >= 0.3 is 0 Å². The van der Waals surface area contributed by atoms with Crippen molar-refractivity contribution in [3.05, 3.63) is 40.4 Å². The van der Waals surface area contributed by atoms with Gasteiger partial charge in [0, 0.05) is 17.8 Å². The number of carbonyl (C=O) groups is 3. The van der Waals surface area contributed by atoms with E-state index in [0.29, 0.717) is 15.7 Å². The summed E-state index contributed by atoms with van der Waals surface area (Å²) in [6.07, 6.45) is 12.5. The van der Waals surface area contributed by atoms with Gasteiger partial charge in [0.05, 0.1) is 28.0 Å². The SMILES string of the molecule is C[C@@H]1CCCC[C@@H]1N1C(=O)[C@H]2[C@@H](C(=O)Nc3ccc(Cl)c(Cl)c3)[C@H]3C=C[C@@]2(O3)[C@@H]1C(=O)NC1CCCCC1. The standard InChI is InChI=1S/C29H35Cl2N3O4/c1-16-7-5-6-10-21(16)34-25(27(36)32-17-8-3-2-4-9-17)29-14-13-22(38-29)23(24(29)28(34)37)26(35)33-18-11-12-19(30)20(31)15-18/h11-17,21-25H,2-10H2,1H3,(H,32,36)(H,33,35)/t16-,21+,22-,23+,24-,25+,29+/m1/s1. The smallest absolute Gasteiger partial charge is 0.246 e. The molecular weight excluding hydrogens is 525 g/mol. The van der Waals surface area contributed by atoms with E-state index >= 15 is 0 Å². The zero-order chi connectivity index (χ0) is 26.6. The number of amides is 3. The molecule has 2 aliphatic carbocycles. The Balaban J connectivity index is 1.33. The van der Waals surface area contributed by atoms with Gasteiger partial charge in [-0.2, -0.15) is 0 Å². The summed E-state index contributed by atoms with van der Waals surface area (Å²) >= 11 is 12.2. The Bertz CT molecular complexity index is 1170. The molecule has 3 amide bonds. The topological polar surface area (TPSA) is 87.7 Å². The van der Waals surface area contributed by atoms with E-state index in [1.54, 1.807) is 18.2 Å². The molecule has 6 rings (SSSR count). The molecule has 2 bridgehead atoms. The highest BCUT2D eigenvalue weighted by molar-refractivity contribution is 6.42. The Morgan fingerprint density at radius 1 is 1.00 bits per heavy atom. The van der Waals surface area contributed by atoms with Crippen molar-refractivity contribution in [1.29, 1.82) is 0 Å². The summed E-state index contributed by atoms with van der Waals surface area (Å²) in [7, 11) is 0. The molecule has 7 nitrogen and oxygen atoms in total. The van der Waals surface area contributed by atoms with Gasteiger partial charge in [-0.25, -0.2) is 0 Å². The average Bonchev–Trinajstić information content (AvgIpc) is 3.54. The summed E-state index contributed by atoms with van der Waals surface area (Å²) in [5.74, 6) is -1.83. The molecule has 3 aliphatic heterocycles. The van der Waals surface area contributed by atoms with Crippen molar-refractivity contribution in [2.75, 3.05) is 5.32 Å². The molecule has 0 radical (unpaired) electrons. The van der Waals surface area contributed by atoms with Crippen molar-refractivity contribution < 1.29 is 19.1 Å². The Morgan fingerprint density at radius 3 is 2.47 bits per heavy atom. The molecule has 2 saturated carbocycles. The summed E-state index contributed by atoms with van der Waals surface area (Å²) in [4.78, 5) is 43.8. The number of carbonyl (C=O) groups excluding carboxylic acids is 3. The first kappa shape index (κ1) is 26.1. The first-order chi connectivity index (χ1) is 18.3. The molecule has 3 heterocycles. The Morgan fingerprint density at radius 2 is 1.74 bits per heavy atom. The van der Waals surface area contributed by atoms with Crippen LogP contribution in [0.4, 0.5) is 5.69 Å². The van der Waals surface area contributed by atoms with Gasteiger partial charge in [-0.15, -0.1) is 0 Å². The second-order valence-corrected chi connectivity index (χ2v) is 12.6. The Hall–Kier alpha value is -2.09. The fourth-order valence-electron chi connectivity index (χ4n) is 7.60. The van der Waals surface area contributed by atoms with Gasteiger partial charge in [0.1, 0.15) is 11.6 Å². The predicted octanol–water partition coefficient (Wildman–Crippen LogP) is 5.11. The lowest BCUT2D eigenvalue weighted by Crippen LogP contribution is -2.59. The van der Waals surface area contributed by atoms with E-state index in [0.717, 1.165) is 51.4 Å². The highest BCUT2D eigenvalue weighted by atomic mass is 35.5. The zero-order valence-electron chi connectivity index (χ0n) is 21.6. The Kier molecular flexibility index (Phi) is 6.98. The van der Waals surface area contributed by atoms with Gasteiger partial charge < -0.3 is 20.3 Å². The summed E-state index contributed by atoms with van der Waals surface area (Å²) < 4.78 is 6.51. The maximum atomic E-state index is 14.3. The summed E-state index contributed by atoms with van der Waals surface area (Å²) in [6.45, 7) is 2.17. The fourth-order valence-corrected chi connectivity index (χ4v) is 7.90. The maximum Gasteiger partial charge on any atom is 0.246 e. The quantitative estimate of drug-likeness (QED) is 0.490. The van der Waals surface area contributed by atoms with Crippen molar-refractivity contribution in [2.24, 2.45) is 17.8 Å². The minimum atomic E-state index is -1.14. The molecule has 204 valence electrons. The largest absolute Gasteiger partial charge is 0.359 e. The van der Waals surface area contributed by atoms with Gasteiger partial charge in [-0.1, -0.05) is 74.4 Å². The highest BCUT2D eigenvalue weighted by Crippen LogP contribution is 2.56. The third-order valence-electron chi connectivity index (χ3n) is 9.43. The number of likely N-dealkylation sites (tertiary alicyclic amines) is 1. The van der Waals surface area contributed by atoms with Crippen LogP contribution in [0.15, 0.2) is 30.4 Å². The first-order valence-electron chi connectivity index (χ1n) is 14.1. The second kappa shape index (κ2) is 10.1. The van der Waals surface area contributed by atoms with Crippen LogP contribution >= 0.6 is 23.2 Å². The van der Waals surface area contributed by atoms with Crippen LogP contribution in [0.1, 0.15) is 64.7 Å². The van der Waals surface area contributed by atoms with Crippen LogP contribution in [-0.2, 0) is 19.1 Å². The maximum absolute atomic E-state index is 14.3. The molecule has 2 N–H and O–H groups in total. The molecule has 1 spiro atoms. The number of hydrogen-bond acceptors (Lipinski definition) is 4. The molecule has 7 atom stereocenters. The van der Waals surface area contributed by atoms with Gasteiger partial charge in [0.2, 0.25) is 17.7 Å². The van der Waals surface area contributed by atoms with Crippen LogP contribution in [0.2, 0.25) is 10.0 Å².